The number of nitrogens with one attached hydrogen (secondary N) is 1. The van der Waals surface area contributed by atoms with Crippen LogP contribution in [0.25, 0.3) is 5.65 Å². The minimum atomic E-state index is -0.663. The fourth-order valence-corrected chi connectivity index (χ4v) is 3.76. The fourth-order valence-electron chi connectivity index (χ4n) is 3.76. The van der Waals surface area contributed by atoms with Crippen molar-refractivity contribution in [3.63, 3.8) is 0 Å². The average Bonchev–Trinajstić information content (AvgIpc) is 3.17. The number of likely N-dealkylation sites (tertiary alicyclic amines) is 1. The Labute approximate surface area is 149 Å². The second kappa shape index (κ2) is 7.00. The van der Waals surface area contributed by atoms with Gasteiger partial charge in [-0.15, -0.1) is 0 Å². The molecule has 2 aromatic heterocycles. The van der Waals surface area contributed by atoms with Gasteiger partial charge in [0.05, 0.1) is 11.5 Å². The quantitative estimate of drug-likeness (QED) is 0.648. The van der Waals surface area contributed by atoms with Crippen molar-refractivity contribution in [1.82, 2.24) is 14.3 Å². The highest BCUT2D eigenvalue weighted by molar-refractivity contribution is 5.60. The van der Waals surface area contributed by atoms with E-state index in [0.29, 0.717) is 11.7 Å². The highest BCUT2D eigenvalue weighted by Gasteiger charge is 2.30. The first-order chi connectivity index (χ1) is 12.6. The third-order valence-electron chi connectivity index (χ3n) is 5.19. The van der Waals surface area contributed by atoms with Gasteiger partial charge in [0.1, 0.15) is 5.65 Å². The largest absolute Gasteiger partial charge is 0.380 e. The average molecular weight is 359 g/mol. The van der Waals surface area contributed by atoms with E-state index in [4.69, 9.17) is 4.74 Å². The highest BCUT2D eigenvalue weighted by atomic mass is 16.6. The zero-order chi connectivity index (χ0) is 18.1. The maximum absolute atomic E-state index is 12.5. The number of fused-ring (bicyclic) bond motifs is 1. The van der Waals surface area contributed by atoms with E-state index in [-0.39, 0.29) is 11.9 Å². The summed E-state index contributed by atoms with van der Waals surface area (Å²) < 4.78 is 6.65. The van der Waals surface area contributed by atoms with Crippen LogP contribution in [0.2, 0.25) is 0 Å². The summed E-state index contributed by atoms with van der Waals surface area (Å²) in [6.07, 6.45) is 4.25. The first-order valence-electron chi connectivity index (χ1n) is 8.87. The van der Waals surface area contributed by atoms with Gasteiger partial charge in [-0.2, -0.15) is 0 Å². The highest BCUT2D eigenvalue weighted by Crippen LogP contribution is 2.24. The van der Waals surface area contributed by atoms with Crippen molar-refractivity contribution in [2.45, 2.75) is 31.3 Å². The number of nitro groups is 1. The molecule has 2 aromatic rings. The van der Waals surface area contributed by atoms with Gasteiger partial charge < -0.3 is 10.1 Å². The van der Waals surface area contributed by atoms with Crippen LogP contribution in [-0.2, 0) is 4.74 Å². The maximum Gasteiger partial charge on any atom is 0.376 e. The molecule has 0 saturated carbocycles. The Hall–Kier alpha value is -2.52. The lowest BCUT2D eigenvalue weighted by atomic mass is 10.0. The monoisotopic (exact) mass is 359 g/mol. The predicted molar refractivity (Wildman–Crippen MR) is 95.6 cm³/mol. The van der Waals surface area contributed by atoms with Crippen LogP contribution >= 0.6 is 0 Å². The number of nitrogens with zero attached hydrogens (tertiary/aromatic N) is 4. The van der Waals surface area contributed by atoms with Crippen LogP contribution in [0.1, 0.15) is 19.3 Å². The Morgan fingerprint density at radius 1 is 1.27 bits per heavy atom. The van der Waals surface area contributed by atoms with Crippen molar-refractivity contribution < 1.29 is 9.66 Å². The Balaban J connectivity index is 1.54. The van der Waals surface area contributed by atoms with Crippen molar-refractivity contribution in [3.8, 4) is 0 Å². The van der Waals surface area contributed by atoms with Crippen LogP contribution < -0.4 is 10.9 Å². The van der Waals surface area contributed by atoms with Crippen LogP contribution in [0.5, 0.6) is 0 Å². The third kappa shape index (κ3) is 3.15. The molecular formula is C17H21N5O4. The molecule has 4 rings (SSSR count). The molecule has 1 N–H and O–H groups in total. The van der Waals surface area contributed by atoms with Crippen LogP contribution in [-0.4, -0.2) is 57.6 Å². The summed E-state index contributed by atoms with van der Waals surface area (Å²) in [4.78, 5) is 30.0. The summed E-state index contributed by atoms with van der Waals surface area (Å²) >= 11 is 0. The normalized spacial score (nSPS) is 21.9. The van der Waals surface area contributed by atoms with E-state index in [0.717, 1.165) is 45.6 Å². The van der Waals surface area contributed by atoms with Gasteiger partial charge in [-0.25, -0.2) is 4.98 Å². The van der Waals surface area contributed by atoms with Crippen molar-refractivity contribution in [2.75, 3.05) is 31.6 Å². The summed E-state index contributed by atoms with van der Waals surface area (Å²) in [5, 5.41) is 14.6. The Kier molecular flexibility index (Phi) is 4.56. The number of hydrogen-bond donors (Lipinski definition) is 1. The minimum absolute atomic E-state index is 0.0605. The van der Waals surface area contributed by atoms with Gasteiger partial charge in [-0.3, -0.25) is 24.2 Å². The smallest absolute Gasteiger partial charge is 0.376 e. The van der Waals surface area contributed by atoms with Gasteiger partial charge in [-0.05, 0) is 31.4 Å². The molecule has 1 atom stereocenters. The predicted octanol–water partition coefficient (Wildman–Crippen LogP) is 1.27. The van der Waals surface area contributed by atoms with E-state index in [1.54, 1.807) is 18.2 Å². The van der Waals surface area contributed by atoms with E-state index < -0.39 is 16.2 Å². The number of hydrogen-bond acceptors (Lipinski definition) is 7. The van der Waals surface area contributed by atoms with E-state index in [9.17, 15) is 14.9 Å². The van der Waals surface area contributed by atoms with Crippen LogP contribution in [0.4, 0.5) is 11.5 Å². The molecule has 4 heterocycles. The molecule has 1 unspecified atom stereocenters. The molecule has 0 aliphatic carbocycles. The molecule has 2 fully saturated rings. The van der Waals surface area contributed by atoms with Crippen molar-refractivity contribution in [1.29, 1.82) is 0 Å². The van der Waals surface area contributed by atoms with Crippen molar-refractivity contribution in [3.05, 3.63) is 44.9 Å². The lowest BCUT2D eigenvalue weighted by molar-refractivity contribution is -0.385. The minimum Gasteiger partial charge on any atom is -0.380 e. The molecule has 9 nitrogen and oxygen atoms in total. The SMILES string of the molecule is O=c1c([N+](=O)[O-])c(NC2CCN(C3CCOC3)CC2)nc2ccccn12. The van der Waals surface area contributed by atoms with Gasteiger partial charge in [0.2, 0.25) is 5.82 Å². The van der Waals surface area contributed by atoms with Crippen LogP contribution in [0, 0.1) is 10.1 Å². The summed E-state index contributed by atoms with van der Waals surface area (Å²) in [5.74, 6) is 0.0637. The zero-order valence-corrected chi connectivity index (χ0v) is 14.3. The molecule has 0 radical (unpaired) electrons. The summed E-state index contributed by atoms with van der Waals surface area (Å²) in [7, 11) is 0. The third-order valence-corrected chi connectivity index (χ3v) is 5.19. The molecule has 0 spiro atoms. The van der Waals surface area contributed by atoms with Gasteiger partial charge in [-0.1, -0.05) is 6.07 Å². The van der Waals surface area contributed by atoms with Gasteiger partial charge in [0.15, 0.2) is 0 Å². The van der Waals surface area contributed by atoms with Crippen LogP contribution in [0.3, 0.4) is 0 Å². The molecule has 138 valence electrons. The van der Waals surface area contributed by atoms with E-state index in [1.165, 1.54) is 10.6 Å². The van der Waals surface area contributed by atoms with E-state index >= 15 is 0 Å². The standard InChI is InChI=1S/C17H21N5O4/c23-17-15(22(24)25)16(19-14-3-1-2-7-21(14)17)18-12-4-8-20(9-5-12)13-6-10-26-11-13/h1-3,7,12-13,18H,4-6,8-11H2. The van der Waals surface area contributed by atoms with Gasteiger partial charge in [0.25, 0.3) is 0 Å². The second-order valence-corrected chi connectivity index (χ2v) is 6.77. The summed E-state index contributed by atoms with van der Waals surface area (Å²) in [6.45, 7) is 3.42. The molecule has 2 saturated heterocycles. The fraction of sp³-hybridized carbons (Fsp3) is 0.529. The topological polar surface area (TPSA) is 102 Å². The zero-order valence-electron chi connectivity index (χ0n) is 14.3. The number of ether oxygens (including phenoxy) is 1. The lowest BCUT2D eigenvalue weighted by Crippen LogP contribution is -2.45. The molecule has 2 aliphatic heterocycles. The maximum atomic E-state index is 12.5. The molecule has 0 bridgehead atoms. The van der Waals surface area contributed by atoms with Crippen LogP contribution in [0.15, 0.2) is 29.2 Å². The number of pyridine rings is 1. The van der Waals surface area contributed by atoms with Gasteiger partial charge >= 0.3 is 11.2 Å². The second-order valence-electron chi connectivity index (χ2n) is 6.77. The molecule has 9 heteroatoms. The molecule has 2 aliphatic rings. The van der Waals surface area contributed by atoms with E-state index in [1.807, 2.05) is 0 Å². The first kappa shape index (κ1) is 16.9. The number of anilines is 1. The van der Waals surface area contributed by atoms with Gasteiger partial charge in [0, 0.05) is 38.0 Å². The number of rotatable bonds is 4. The van der Waals surface area contributed by atoms with Crippen molar-refractivity contribution >= 4 is 17.2 Å². The molecule has 0 amide bonds. The number of aromatic nitrogens is 2. The Morgan fingerprint density at radius 2 is 2.08 bits per heavy atom. The molecule has 0 aromatic carbocycles. The first-order valence-corrected chi connectivity index (χ1v) is 8.87. The van der Waals surface area contributed by atoms with E-state index in [2.05, 4.69) is 15.2 Å². The molecular weight excluding hydrogens is 338 g/mol. The Bertz CT molecular complexity index is 869. The Morgan fingerprint density at radius 3 is 2.77 bits per heavy atom. The van der Waals surface area contributed by atoms with Crippen molar-refractivity contribution in [2.24, 2.45) is 0 Å². The number of piperidine rings is 1. The summed E-state index contributed by atoms with van der Waals surface area (Å²) in [5.41, 5.74) is -0.768. The lowest BCUT2D eigenvalue weighted by Gasteiger charge is -2.35. The molecule has 26 heavy (non-hydrogen) atoms. The summed E-state index contributed by atoms with van der Waals surface area (Å²) in [6, 6.07) is 5.60.